The molecule has 0 atom stereocenters. The highest BCUT2D eigenvalue weighted by Gasteiger charge is 2.21. The number of aliphatic hydroxyl groups is 1. The molecular weight excluding hydrogens is 412 g/mol. The molecule has 0 spiro atoms. The third kappa shape index (κ3) is 8.23. The smallest absolute Gasteiger partial charge is 0.342 e. The maximum atomic E-state index is 11.6. The van der Waals surface area contributed by atoms with Crippen LogP contribution in [0.5, 0.6) is 11.5 Å². The number of phenolic OH excluding ortho intramolecular Hbond substituents is 2. The maximum Gasteiger partial charge on any atom is 0.342 e. The first-order valence-corrected chi connectivity index (χ1v) is 11.0. The number of carbonyl (C=O) groups excluding carboxylic acids is 2. The van der Waals surface area contributed by atoms with Gasteiger partial charge in [-0.25, -0.2) is 9.59 Å². The van der Waals surface area contributed by atoms with Gasteiger partial charge < -0.3 is 24.8 Å². The fraction of sp³-hybridized carbons (Fsp3) is 0.440. The van der Waals surface area contributed by atoms with Gasteiger partial charge in [-0.1, -0.05) is 37.1 Å². The summed E-state index contributed by atoms with van der Waals surface area (Å²) in [6, 6.07) is 12.7. The molecule has 0 aliphatic heterocycles. The monoisotopic (exact) mass is 444 g/mol. The van der Waals surface area contributed by atoms with E-state index in [1.54, 1.807) is 30.3 Å². The van der Waals surface area contributed by atoms with Gasteiger partial charge in [0.15, 0.2) is 0 Å². The van der Waals surface area contributed by atoms with Crippen LogP contribution in [0.3, 0.4) is 0 Å². The van der Waals surface area contributed by atoms with Gasteiger partial charge in [-0.15, -0.1) is 0 Å². The Kier molecular flexibility index (Phi) is 10.5. The molecule has 2 aromatic carbocycles. The van der Waals surface area contributed by atoms with Crippen LogP contribution < -0.4 is 0 Å². The van der Waals surface area contributed by atoms with E-state index in [-0.39, 0.29) is 34.8 Å². The number of ether oxygens (including phenoxy) is 2. The van der Waals surface area contributed by atoms with Crippen LogP contribution in [-0.4, -0.2) is 46.6 Å². The molecule has 174 valence electrons. The molecule has 2 aromatic rings. The summed E-state index contributed by atoms with van der Waals surface area (Å²) >= 11 is 0. The van der Waals surface area contributed by atoms with Crippen LogP contribution in [0.2, 0.25) is 0 Å². The summed E-state index contributed by atoms with van der Waals surface area (Å²) in [5.74, 6) is -1.01. The van der Waals surface area contributed by atoms with Gasteiger partial charge in [0.05, 0.1) is 13.2 Å². The minimum Gasteiger partial charge on any atom is -0.507 e. The third-order valence-corrected chi connectivity index (χ3v) is 5.33. The van der Waals surface area contributed by atoms with Gasteiger partial charge in [-0.3, -0.25) is 0 Å². The minimum atomic E-state index is -0.525. The summed E-state index contributed by atoms with van der Waals surface area (Å²) in [5.41, 5.74) is 0.444. The van der Waals surface area contributed by atoms with E-state index in [0.29, 0.717) is 0 Å². The van der Waals surface area contributed by atoms with Crippen LogP contribution in [0.1, 0.15) is 72.1 Å². The van der Waals surface area contributed by atoms with E-state index in [1.807, 2.05) is 0 Å². The van der Waals surface area contributed by atoms with E-state index < -0.39 is 11.9 Å². The molecule has 0 radical (unpaired) electrons. The molecule has 2 fully saturated rings. The van der Waals surface area contributed by atoms with Crippen molar-refractivity contribution in [2.24, 2.45) is 0 Å². The van der Waals surface area contributed by atoms with Crippen molar-refractivity contribution in [3.8, 4) is 11.5 Å². The number of methoxy groups -OCH3 is 1. The lowest BCUT2D eigenvalue weighted by molar-refractivity contribution is 0.0314. The van der Waals surface area contributed by atoms with Gasteiger partial charge in [0.25, 0.3) is 0 Å². The van der Waals surface area contributed by atoms with Gasteiger partial charge in [-0.2, -0.15) is 0 Å². The first kappa shape index (κ1) is 25.2. The van der Waals surface area contributed by atoms with Crippen molar-refractivity contribution in [1.82, 2.24) is 0 Å². The predicted octanol–water partition coefficient (Wildman–Crippen LogP) is 4.59. The van der Waals surface area contributed by atoms with Crippen molar-refractivity contribution in [2.75, 3.05) is 7.11 Å². The lowest BCUT2D eigenvalue weighted by Crippen LogP contribution is -2.14. The van der Waals surface area contributed by atoms with E-state index in [0.717, 1.165) is 38.5 Å². The second-order valence-electron chi connectivity index (χ2n) is 7.78. The average Bonchev–Trinajstić information content (AvgIpc) is 3.49. The Morgan fingerprint density at radius 1 is 0.750 bits per heavy atom. The number of hydrogen-bond donors (Lipinski definition) is 3. The summed E-state index contributed by atoms with van der Waals surface area (Å²) in [6.07, 6.45) is 8.78. The highest BCUT2D eigenvalue weighted by molar-refractivity contribution is 5.92. The zero-order valence-corrected chi connectivity index (χ0v) is 18.4. The SMILES string of the molecule is COC(=O)c1ccccc1O.O=C(OC1CCCC1)c1ccccc1O.OC1CCCC1. The maximum absolute atomic E-state index is 11.6. The Hall–Kier alpha value is -3.06. The van der Waals surface area contributed by atoms with Gasteiger partial charge in [0.2, 0.25) is 0 Å². The summed E-state index contributed by atoms with van der Waals surface area (Å²) < 4.78 is 9.70. The molecule has 4 rings (SSSR count). The molecule has 0 saturated heterocycles. The number of aromatic hydroxyl groups is 2. The summed E-state index contributed by atoms with van der Waals surface area (Å²) in [5, 5.41) is 27.3. The van der Waals surface area contributed by atoms with E-state index in [2.05, 4.69) is 4.74 Å². The molecule has 0 unspecified atom stereocenters. The lowest BCUT2D eigenvalue weighted by atomic mass is 10.2. The number of aliphatic hydroxyl groups excluding tert-OH is 1. The number of carbonyl (C=O) groups is 2. The van der Waals surface area contributed by atoms with Crippen LogP contribution in [0, 0.1) is 0 Å². The number of phenols is 2. The van der Waals surface area contributed by atoms with E-state index in [1.165, 1.54) is 38.2 Å². The van der Waals surface area contributed by atoms with Crippen molar-refractivity contribution < 1.29 is 34.4 Å². The first-order valence-electron chi connectivity index (χ1n) is 11.0. The number of para-hydroxylation sites is 2. The highest BCUT2D eigenvalue weighted by atomic mass is 16.5. The highest BCUT2D eigenvalue weighted by Crippen LogP contribution is 2.24. The Morgan fingerprint density at radius 3 is 1.59 bits per heavy atom. The fourth-order valence-corrected chi connectivity index (χ4v) is 3.53. The van der Waals surface area contributed by atoms with Crippen molar-refractivity contribution in [2.45, 2.75) is 63.6 Å². The Bertz CT molecular complexity index is 853. The zero-order valence-electron chi connectivity index (χ0n) is 18.4. The molecular formula is C25H32O7. The molecule has 0 heterocycles. The average molecular weight is 445 g/mol. The van der Waals surface area contributed by atoms with Gasteiger partial charge in [0, 0.05) is 0 Å². The van der Waals surface area contributed by atoms with Gasteiger partial charge in [-0.05, 0) is 62.8 Å². The second-order valence-corrected chi connectivity index (χ2v) is 7.78. The molecule has 2 aliphatic carbocycles. The molecule has 0 aromatic heterocycles. The number of esters is 2. The van der Waals surface area contributed by atoms with Crippen molar-refractivity contribution in [1.29, 1.82) is 0 Å². The molecule has 7 heteroatoms. The van der Waals surface area contributed by atoms with Crippen LogP contribution in [0.4, 0.5) is 0 Å². The van der Waals surface area contributed by atoms with E-state index in [9.17, 15) is 14.7 Å². The third-order valence-electron chi connectivity index (χ3n) is 5.33. The predicted molar refractivity (Wildman–Crippen MR) is 120 cm³/mol. The number of benzene rings is 2. The summed E-state index contributed by atoms with van der Waals surface area (Å²) in [4.78, 5) is 22.5. The molecule has 2 saturated carbocycles. The van der Waals surface area contributed by atoms with Crippen molar-refractivity contribution in [3.05, 3.63) is 59.7 Å². The Morgan fingerprint density at radius 2 is 1.19 bits per heavy atom. The van der Waals surface area contributed by atoms with Crippen LogP contribution in [-0.2, 0) is 9.47 Å². The van der Waals surface area contributed by atoms with Gasteiger partial charge >= 0.3 is 11.9 Å². The van der Waals surface area contributed by atoms with Crippen molar-refractivity contribution >= 4 is 11.9 Å². The van der Waals surface area contributed by atoms with Crippen LogP contribution >= 0.6 is 0 Å². The van der Waals surface area contributed by atoms with Crippen LogP contribution in [0.15, 0.2) is 48.5 Å². The van der Waals surface area contributed by atoms with E-state index >= 15 is 0 Å². The molecule has 2 aliphatic rings. The zero-order chi connectivity index (χ0) is 23.3. The quantitative estimate of drug-likeness (QED) is 0.593. The number of hydrogen-bond acceptors (Lipinski definition) is 7. The minimum absolute atomic E-state index is 0.0134. The lowest BCUT2D eigenvalue weighted by Gasteiger charge is -2.11. The standard InChI is InChI=1S/C12H14O3.C8H8O3.C5H10O/c13-11-8-4-3-7-10(11)12(14)15-9-5-1-2-6-9;1-11-8(10)6-4-2-3-5-7(6)9;6-5-3-1-2-4-5/h3-4,7-9,13H,1-2,5-6H2;2-5,9H,1H3;5-6H,1-4H2. The second kappa shape index (κ2) is 13.4. The first-order chi connectivity index (χ1) is 15.4. The fourth-order valence-electron chi connectivity index (χ4n) is 3.53. The summed E-state index contributed by atoms with van der Waals surface area (Å²) in [7, 11) is 1.27. The van der Waals surface area contributed by atoms with Crippen LogP contribution in [0.25, 0.3) is 0 Å². The largest absolute Gasteiger partial charge is 0.507 e. The molecule has 3 N–H and O–H groups in total. The summed E-state index contributed by atoms with van der Waals surface area (Å²) in [6.45, 7) is 0. The normalized spacial score (nSPS) is 15.7. The molecule has 0 amide bonds. The molecule has 32 heavy (non-hydrogen) atoms. The Balaban J connectivity index is 0.000000187. The Labute approximate surface area is 188 Å². The molecule has 0 bridgehead atoms. The molecule has 7 nitrogen and oxygen atoms in total. The number of rotatable bonds is 3. The van der Waals surface area contributed by atoms with Crippen molar-refractivity contribution in [3.63, 3.8) is 0 Å². The topological polar surface area (TPSA) is 113 Å². The van der Waals surface area contributed by atoms with E-state index in [4.69, 9.17) is 14.9 Å². The van der Waals surface area contributed by atoms with Gasteiger partial charge in [0.1, 0.15) is 28.7 Å².